The molecule has 0 aliphatic heterocycles. The monoisotopic (exact) mass is 774 g/mol. The second-order valence-corrected chi connectivity index (χ2v) is 18.4. The molecule has 0 fully saturated rings. The molecule has 13 heteroatoms. The Bertz CT molecular complexity index is 817. The molecule has 0 spiro atoms. The van der Waals surface area contributed by atoms with Crippen LogP contribution in [-0.4, -0.2) is 98.3 Å². The Morgan fingerprint density at radius 3 is 1.37 bits per heavy atom. The second-order valence-electron chi connectivity index (χ2n) is 14.0. The summed E-state index contributed by atoms with van der Waals surface area (Å²) >= 11 is 0. The van der Waals surface area contributed by atoms with Gasteiger partial charge < -0.3 is 38.4 Å². The molecule has 0 saturated carbocycles. The molecule has 0 aliphatic carbocycles. The summed E-state index contributed by atoms with van der Waals surface area (Å²) in [7, 11) is -7.23. The van der Waals surface area contributed by atoms with Crippen molar-refractivity contribution in [1.82, 2.24) is 5.09 Å². The van der Waals surface area contributed by atoms with Gasteiger partial charge in [0.1, 0.15) is 6.10 Å². The summed E-state index contributed by atoms with van der Waals surface area (Å²) in [6, 6.07) is 0. The average Bonchev–Trinajstić information content (AvgIpc) is 3.10. The van der Waals surface area contributed by atoms with Crippen LogP contribution in [-0.2, 0) is 32.6 Å². The van der Waals surface area contributed by atoms with Crippen LogP contribution in [0.2, 0.25) is 0 Å². The zero-order chi connectivity index (χ0) is 37.9. The van der Waals surface area contributed by atoms with Crippen molar-refractivity contribution < 1.29 is 47.5 Å². The third-order valence-corrected chi connectivity index (χ3v) is 13.3. The van der Waals surface area contributed by atoms with Crippen LogP contribution in [0.25, 0.3) is 0 Å². The lowest BCUT2D eigenvalue weighted by Crippen LogP contribution is -2.24. The van der Waals surface area contributed by atoms with Crippen LogP contribution >= 0.6 is 15.1 Å². The number of aliphatic hydroxyl groups is 1. The van der Waals surface area contributed by atoms with Gasteiger partial charge in [-0.15, -0.1) is 0 Å². The minimum Gasteiger partial charge on any atom is -0.388 e. The van der Waals surface area contributed by atoms with Crippen molar-refractivity contribution in [2.75, 3.05) is 66.0 Å². The summed E-state index contributed by atoms with van der Waals surface area (Å²) < 4.78 is 53.6. The van der Waals surface area contributed by atoms with Gasteiger partial charge in [-0.2, -0.15) is 0 Å². The first-order chi connectivity index (χ1) is 24.6. The van der Waals surface area contributed by atoms with Crippen LogP contribution in [0.15, 0.2) is 0 Å². The van der Waals surface area contributed by atoms with Crippen molar-refractivity contribution in [3.63, 3.8) is 0 Å². The number of unbranched alkanes of at least 4 members (excludes halogenated alkanes) is 12. The molecule has 3 atom stereocenters. The number of aliphatic hydroxyl groups excluding tert-OH is 1. The number of ether oxygens (including phenoxy) is 4. The van der Waals surface area contributed by atoms with E-state index in [4.69, 9.17) is 23.5 Å². The van der Waals surface area contributed by atoms with Crippen molar-refractivity contribution in [3.8, 4) is 0 Å². The lowest BCUT2D eigenvalue weighted by atomic mass is 10.0. The van der Waals surface area contributed by atoms with Crippen LogP contribution in [0, 0.1) is 0 Å². The van der Waals surface area contributed by atoms with E-state index >= 15 is 0 Å². The minimum atomic E-state index is -3.84. The maximum absolute atomic E-state index is 13.1. The highest BCUT2D eigenvalue weighted by Crippen LogP contribution is 2.51. The number of nitrogens with one attached hydrogen (secondary N) is 1. The highest BCUT2D eigenvalue weighted by molar-refractivity contribution is 7.56. The van der Waals surface area contributed by atoms with E-state index in [0.717, 1.165) is 89.9 Å². The van der Waals surface area contributed by atoms with E-state index in [0.29, 0.717) is 65.4 Å². The molecule has 308 valence electrons. The average molecular weight is 774 g/mol. The van der Waals surface area contributed by atoms with Gasteiger partial charge >= 0.3 is 7.60 Å². The van der Waals surface area contributed by atoms with Gasteiger partial charge in [-0.05, 0) is 32.1 Å². The van der Waals surface area contributed by atoms with Crippen molar-refractivity contribution in [2.24, 2.45) is 0 Å². The Morgan fingerprint density at radius 1 is 0.490 bits per heavy atom. The van der Waals surface area contributed by atoms with Crippen LogP contribution in [0.5, 0.6) is 0 Å². The predicted molar refractivity (Wildman–Crippen MR) is 210 cm³/mol. The smallest absolute Gasteiger partial charge is 0.331 e. The Kier molecular flexibility index (Phi) is 35.9. The highest BCUT2D eigenvalue weighted by Gasteiger charge is 2.32. The minimum absolute atomic E-state index is 0.000223. The summed E-state index contributed by atoms with van der Waals surface area (Å²) in [5, 5.41) is 13.2. The molecule has 0 radical (unpaired) electrons. The Labute approximate surface area is 313 Å². The van der Waals surface area contributed by atoms with E-state index in [2.05, 4.69) is 32.8 Å². The van der Waals surface area contributed by atoms with Crippen LogP contribution < -0.4 is 5.09 Å². The molecule has 0 aliphatic rings. The van der Waals surface area contributed by atoms with Crippen LogP contribution in [0.4, 0.5) is 0 Å². The SMILES string of the molecule is CCCCCCCC(CCCCCCC)P(=O)(O)OCC(O)COCCOCCOCCOCCCNP(=O)(O)C(CCCCC)CCCCC. The quantitative estimate of drug-likeness (QED) is 0.0347. The molecule has 0 amide bonds. The Morgan fingerprint density at radius 2 is 0.882 bits per heavy atom. The van der Waals surface area contributed by atoms with E-state index < -0.39 is 21.2 Å². The standard InChI is InChI=1S/C38H81NO10P2/c1-5-9-13-15-19-24-38(25-20-16-14-10-6-2)51(43,44)49-35-36(40)34-48-33-32-47-31-30-46-29-28-45-27-21-26-39-50(41,42)37(22-17-11-7-3)23-18-12-8-4/h36-38,40H,5-35H2,1-4H3,(H,43,44)(H2,39,41,42). The van der Waals surface area contributed by atoms with Crippen molar-refractivity contribution in [1.29, 1.82) is 0 Å². The normalized spacial score (nSPS) is 15.1. The lowest BCUT2D eigenvalue weighted by molar-refractivity contribution is -0.0252. The molecule has 4 N–H and O–H groups in total. The Balaban J connectivity index is 3.99. The Hall–Kier alpha value is 0.1000. The van der Waals surface area contributed by atoms with Crippen molar-refractivity contribution >= 4 is 15.1 Å². The van der Waals surface area contributed by atoms with E-state index in [1.165, 1.54) is 25.7 Å². The van der Waals surface area contributed by atoms with Crippen molar-refractivity contribution in [2.45, 2.75) is 180 Å². The molecule has 51 heavy (non-hydrogen) atoms. The first-order valence-electron chi connectivity index (χ1n) is 20.7. The van der Waals surface area contributed by atoms with Gasteiger partial charge in [0.2, 0.25) is 0 Å². The topological polar surface area (TPSA) is 153 Å². The molecule has 0 aromatic rings. The van der Waals surface area contributed by atoms with E-state index in [9.17, 15) is 24.0 Å². The zero-order valence-electron chi connectivity index (χ0n) is 33.2. The highest BCUT2D eigenvalue weighted by atomic mass is 31.2. The molecule has 3 unspecified atom stereocenters. The fraction of sp³-hybridized carbons (Fsp3) is 1.00. The molecule has 0 aromatic carbocycles. The second kappa shape index (κ2) is 35.8. The summed E-state index contributed by atoms with van der Waals surface area (Å²) in [6.07, 6.45) is 20.0. The van der Waals surface area contributed by atoms with E-state index in [1.807, 2.05) is 0 Å². The van der Waals surface area contributed by atoms with Gasteiger partial charge in [0.05, 0.1) is 58.5 Å². The summed E-state index contributed by atoms with van der Waals surface area (Å²) in [5.41, 5.74) is -0.550. The van der Waals surface area contributed by atoms with Gasteiger partial charge in [-0.25, -0.2) is 5.09 Å². The first-order valence-corrected chi connectivity index (χ1v) is 24.1. The summed E-state index contributed by atoms with van der Waals surface area (Å²) in [5.74, 6) is 0. The zero-order valence-corrected chi connectivity index (χ0v) is 35.0. The fourth-order valence-electron chi connectivity index (χ4n) is 5.96. The number of rotatable bonds is 41. The van der Waals surface area contributed by atoms with Gasteiger partial charge in [-0.1, -0.05) is 130 Å². The molecule has 0 rings (SSSR count). The van der Waals surface area contributed by atoms with Gasteiger partial charge in [0, 0.05) is 18.8 Å². The fourth-order valence-corrected chi connectivity index (χ4v) is 9.38. The van der Waals surface area contributed by atoms with Gasteiger partial charge in [0.15, 0.2) is 0 Å². The third-order valence-electron chi connectivity index (χ3n) is 9.20. The largest absolute Gasteiger partial charge is 0.388 e. The molecular weight excluding hydrogens is 692 g/mol. The predicted octanol–water partition coefficient (Wildman–Crippen LogP) is 9.40. The molecule has 0 bridgehead atoms. The number of hydrogen-bond donors (Lipinski definition) is 4. The lowest BCUT2D eigenvalue weighted by Gasteiger charge is -2.24. The van der Waals surface area contributed by atoms with Crippen molar-refractivity contribution in [3.05, 3.63) is 0 Å². The maximum atomic E-state index is 13.1. The number of hydrogen-bond acceptors (Lipinski definition) is 8. The molecule has 0 heterocycles. The molecule has 0 saturated heterocycles. The van der Waals surface area contributed by atoms with Crippen LogP contribution in [0.1, 0.15) is 163 Å². The van der Waals surface area contributed by atoms with Gasteiger partial charge in [0.25, 0.3) is 7.52 Å². The van der Waals surface area contributed by atoms with E-state index in [-0.39, 0.29) is 31.1 Å². The maximum Gasteiger partial charge on any atom is 0.331 e. The third kappa shape index (κ3) is 31.0. The first kappa shape index (κ1) is 51.1. The molecule has 11 nitrogen and oxygen atoms in total. The summed E-state index contributed by atoms with van der Waals surface area (Å²) in [6.45, 7) is 11.7. The van der Waals surface area contributed by atoms with Crippen LogP contribution in [0.3, 0.4) is 0 Å². The van der Waals surface area contributed by atoms with E-state index in [1.54, 1.807) is 0 Å². The summed E-state index contributed by atoms with van der Waals surface area (Å²) in [4.78, 5) is 21.4. The molecule has 0 aromatic heterocycles. The van der Waals surface area contributed by atoms with Gasteiger partial charge in [-0.3, -0.25) is 9.13 Å². The molecular formula is C38H81NO10P2.